The third-order valence-corrected chi connectivity index (χ3v) is 3.65. The molecule has 0 spiro atoms. The van der Waals surface area contributed by atoms with Gasteiger partial charge in [0.05, 0.1) is 12.2 Å². The molecule has 14 heavy (non-hydrogen) atoms. The van der Waals surface area contributed by atoms with Crippen molar-refractivity contribution in [2.45, 2.75) is 50.4 Å². The Morgan fingerprint density at radius 2 is 2.14 bits per heavy atom. The third-order valence-electron chi connectivity index (χ3n) is 3.65. The van der Waals surface area contributed by atoms with Gasteiger partial charge in [-0.25, -0.2) is 0 Å². The van der Waals surface area contributed by atoms with Crippen molar-refractivity contribution in [3.8, 4) is 0 Å². The minimum Gasteiger partial charge on any atom is -0.377 e. The van der Waals surface area contributed by atoms with Crippen molar-refractivity contribution < 1.29 is 9.47 Å². The minimum atomic E-state index is 0.136. The number of ether oxygens (including phenoxy) is 2. The van der Waals surface area contributed by atoms with Gasteiger partial charge in [-0.15, -0.1) is 0 Å². The van der Waals surface area contributed by atoms with Gasteiger partial charge in [-0.2, -0.15) is 0 Å². The Balaban J connectivity index is 1.56. The monoisotopic (exact) mass is 199 g/mol. The summed E-state index contributed by atoms with van der Waals surface area (Å²) in [6.07, 6.45) is 6.81. The van der Waals surface area contributed by atoms with Crippen molar-refractivity contribution in [3.63, 3.8) is 0 Å². The lowest BCUT2D eigenvalue weighted by molar-refractivity contribution is -0.128. The molecule has 2 N–H and O–H groups in total. The average molecular weight is 199 g/mol. The summed E-state index contributed by atoms with van der Waals surface area (Å²) in [5.74, 6) is 0.935. The van der Waals surface area contributed by atoms with Gasteiger partial charge in [-0.3, -0.25) is 0 Å². The van der Waals surface area contributed by atoms with E-state index in [0.29, 0.717) is 0 Å². The number of rotatable bonds is 5. The Morgan fingerprint density at radius 1 is 1.36 bits per heavy atom. The number of hydrogen-bond donors (Lipinski definition) is 1. The first-order valence-electron chi connectivity index (χ1n) is 5.71. The predicted molar refractivity (Wildman–Crippen MR) is 55.1 cm³/mol. The second kappa shape index (κ2) is 4.60. The maximum Gasteiger partial charge on any atom is 0.0984 e. The molecule has 2 rings (SSSR count). The van der Waals surface area contributed by atoms with Crippen LogP contribution >= 0.6 is 0 Å². The largest absolute Gasteiger partial charge is 0.377 e. The fourth-order valence-electron chi connectivity index (χ4n) is 2.27. The van der Waals surface area contributed by atoms with Crippen LogP contribution in [0.25, 0.3) is 0 Å². The molecule has 3 heteroatoms. The van der Waals surface area contributed by atoms with E-state index in [1.807, 2.05) is 0 Å². The fraction of sp³-hybridized carbons (Fsp3) is 1.00. The Morgan fingerprint density at radius 3 is 2.64 bits per heavy atom. The van der Waals surface area contributed by atoms with Gasteiger partial charge in [0.15, 0.2) is 0 Å². The van der Waals surface area contributed by atoms with Gasteiger partial charge in [0.25, 0.3) is 0 Å². The van der Waals surface area contributed by atoms with E-state index in [0.717, 1.165) is 18.9 Å². The van der Waals surface area contributed by atoms with Crippen LogP contribution in [0.4, 0.5) is 0 Å². The van der Waals surface area contributed by atoms with Crippen molar-refractivity contribution in [3.05, 3.63) is 0 Å². The zero-order chi connectivity index (χ0) is 9.97. The molecule has 3 atom stereocenters. The molecule has 3 nitrogen and oxygen atoms in total. The molecule has 0 saturated heterocycles. The average Bonchev–Trinajstić information content (AvgIpc) is 2.07. The first kappa shape index (κ1) is 10.4. The van der Waals surface area contributed by atoms with Crippen LogP contribution in [-0.2, 0) is 9.47 Å². The van der Waals surface area contributed by atoms with Gasteiger partial charge in [0, 0.05) is 19.8 Å². The normalized spacial score (nSPS) is 37.7. The fourth-order valence-corrected chi connectivity index (χ4v) is 2.27. The highest BCUT2D eigenvalue weighted by molar-refractivity contribution is 4.94. The van der Waals surface area contributed by atoms with Gasteiger partial charge in [0.1, 0.15) is 0 Å². The van der Waals surface area contributed by atoms with Gasteiger partial charge >= 0.3 is 0 Å². The third kappa shape index (κ3) is 2.10. The first-order chi connectivity index (χ1) is 6.81. The van der Waals surface area contributed by atoms with E-state index >= 15 is 0 Å². The number of hydrogen-bond acceptors (Lipinski definition) is 3. The molecule has 0 aliphatic heterocycles. The summed E-state index contributed by atoms with van der Waals surface area (Å²) in [4.78, 5) is 0. The predicted octanol–water partition coefficient (Wildman–Crippen LogP) is 1.31. The van der Waals surface area contributed by atoms with Crippen LogP contribution in [0, 0.1) is 5.92 Å². The quantitative estimate of drug-likeness (QED) is 0.726. The molecule has 0 amide bonds. The standard InChI is InChI=1S/C11H21NO2/c1-13-11-9(12)7-10(11)14-6-5-8-3-2-4-8/h8-11H,2-7,12H2,1H3. The smallest absolute Gasteiger partial charge is 0.0984 e. The second-order valence-electron chi connectivity index (χ2n) is 4.59. The van der Waals surface area contributed by atoms with Crippen molar-refractivity contribution in [2.24, 2.45) is 11.7 Å². The zero-order valence-corrected chi connectivity index (χ0v) is 8.95. The lowest BCUT2D eigenvalue weighted by Crippen LogP contribution is -2.57. The summed E-state index contributed by atoms with van der Waals surface area (Å²) in [7, 11) is 1.71. The van der Waals surface area contributed by atoms with E-state index in [1.54, 1.807) is 7.11 Å². The molecule has 2 aliphatic carbocycles. The molecule has 0 heterocycles. The van der Waals surface area contributed by atoms with E-state index < -0.39 is 0 Å². The van der Waals surface area contributed by atoms with Crippen LogP contribution in [0.2, 0.25) is 0 Å². The minimum absolute atomic E-state index is 0.136. The summed E-state index contributed by atoms with van der Waals surface area (Å²) in [5, 5.41) is 0. The van der Waals surface area contributed by atoms with Crippen LogP contribution in [0.1, 0.15) is 32.1 Å². The molecular formula is C11H21NO2. The van der Waals surface area contributed by atoms with E-state index in [2.05, 4.69) is 0 Å². The molecule has 0 bridgehead atoms. The number of methoxy groups -OCH3 is 1. The first-order valence-corrected chi connectivity index (χ1v) is 5.71. The Kier molecular flexibility index (Phi) is 3.42. The zero-order valence-electron chi connectivity index (χ0n) is 8.95. The van der Waals surface area contributed by atoms with E-state index in [4.69, 9.17) is 15.2 Å². The summed E-state index contributed by atoms with van der Waals surface area (Å²) in [6.45, 7) is 0.891. The maximum absolute atomic E-state index is 5.79. The van der Waals surface area contributed by atoms with E-state index in [1.165, 1.54) is 25.7 Å². The Bertz CT molecular complexity index is 182. The highest BCUT2D eigenvalue weighted by Crippen LogP contribution is 2.30. The lowest BCUT2D eigenvalue weighted by atomic mass is 9.83. The Hall–Kier alpha value is -0.120. The molecule has 2 aliphatic rings. The molecule has 0 aromatic rings. The SMILES string of the molecule is COC1C(N)CC1OCCC1CCC1. The number of nitrogens with two attached hydrogens (primary N) is 1. The summed E-state index contributed by atoms with van der Waals surface area (Å²) in [5.41, 5.74) is 5.79. The van der Waals surface area contributed by atoms with E-state index in [-0.39, 0.29) is 18.2 Å². The van der Waals surface area contributed by atoms with Crippen LogP contribution in [0.3, 0.4) is 0 Å². The van der Waals surface area contributed by atoms with Crippen LogP contribution in [-0.4, -0.2) is 32.0 Å². The van der Waals surface area contributed by atoms with Crippen LogP contribution in [0.5, 0.6) is 0 Å². The summed E-state index contributed by atoms with van der Waals surface area (Å²) in [6, 6.07) is 0.189. The molecule has 0 aromatic heterocycles. The van der Waals surface area contributed by atoms with Crippen molar-refractivity contribution >= 4 is 0 Å². The second-order valence-corrected chi connectivity index (χ2v) is 4.59. The summed E-state index contributed by atoms with van der Waals surface area (Å²) < 4.78 is 11.0. The highest BCUT2D eigenvalue weighted by Gasteiger charge is 2.39. The lowest BCUT2D eigenvalue weighted by Gasteiger charge is -2.41. The van der Waals surface area contributed by atoms with Gasteiger partial charge in [-0.05, 0) is 18.8 Å². The molecule has 0 radical (unpaired) electrons. The van der Waals surface area contributed by atoms with Crippen LogP contribution < -0.4 is 5.73 Å². The molecule has 0 aromatic carbocycles. The van der Waals surface area contributed by atoms with Gasteiger partial charge in [-0.1, -0.05) is 19.3 Å². The molecule has 2 fully saturated rings. The van der Waals surface area contributed by atoms with Crippen molar-refractivity contribution in [2.75, 3.05) is 13.7 Å². The van der Waals surface area contributed by atoms with Gasteiger partial charge in [0.2, 0.25) is 0 Å². The topological polar surface area (TPSA) is 44.5 Å². The highest BCUT2D eigenvalue weighted by atomic mass is 16.5. The van der Waals surface area contributed by atoms with Crippen molar-refractivity contribution in [1.82, 2.24) is 0 Å². The summed E-state index contributed by atoms with van der Waals surface area (Å²) >= 11 is 0. The van der Waals surface area contributed by atoms with Crippen LogP contribution in [0.15, 0.2) is 0 Å². The maximum atomic E-state index is 5.79. The molecule has 2 saturated carbocycles. The van der Waals surface area contributed by atoms with Crippen molar-refractivity contribution in [1.29, 1.82) is 0 Å². The Labute approximate surface area is 85.9 Å². The van der Waals surface area contributed by atoms with Gasteiger partial charge < -0.3 is 15.2 Å². The molecule has 82 valence electrons. The molecule has 3 unspecified atom stereocenters. The van der Waals surface area contributed by atoms with E-state index in [9.17, 15) is 0 Å². The molecular weight excluding hydrogens is 178 g/mol.